The SMILES string of the molecule is COc1ccc(C2CCCN2C(=O)CNC(=O)c2ccc(Br)cc2)cc1. The van der Waals surface area contributed by atoms with Crippen LogP contribution in [0.5, 0.6) is 5.75 Å². The van der Waals surface area contributed by atoms with Crippen molar-refractivity contribution in [3.8, 4) is 5.75 Å². The van der Waals surface area contributed by atoms with Gasteiger partial charge in [0.25, 0.3) is 5.91 Å². The van der Waals surface area contributed by atoms with E-state index in [1.54, 1.807) is 31.4 Å². The number of hydrogen-bond donors (Lipinski definition) is 1. The van der Waals surface area contributed by atoms with E-state index in [1.165, 1.54) is 0 Å². The van der Waals surface area contributed by atoms with Gasteiger partial charge in [-0.05, 0) is 54.8 Å². The first-order valence-corrected chi connectivity index (χ1v) is 9.35. The zero-order valence-electron chi connectivity index (χ0n) is 14.6. The summed E-state index contributed by atoms with van der Waals surface area (Å²) in [4.78, 5) is 26.7. The van der Waals surface area contributed by atoms with Gasteiger partial charge >= 0.3 is 0 Å². The first-order chi connectivity index (χ1) is 12.6. The van der Waals surface area contributed by atoms with Gasteiger partial charge in [0.1, 0.15) is 5.75 Å². The highest BCUT2D eigenvalue weighted by molar-refractivity contribution is 9.10. The fourth-order valence-corrected chi connectivity index (χ4v) is 3.46. The molecule has 0 radical (unpaired) electrons. The van der Waals surface area contributed by atoms with Crippen LogP contribution in [0, 0.1) is 0 Å². The number of methoxy groups -OCH3 is 1. The third-order valence-corrected chi connectivity index (χ3v) is 5.11. The Hall–Kier alpha value is -2.34. The van der Waals surface area contributed by atoms with Crippen molar-refractivity contribution in [3.05, 3.63) is 64.1 Å². The van der Waals surface area contributed by atoms with E-state index in [4.69, 9.17) is 4.74 Å². The molecule has 0 bridgehead atoms. The first-order valence-electron chi connectivity index (χ1n) is 8.55. The van der Waals surface area contributed by atoms with Crippen molar-refractivity contribution >= 4 is 27.7 Å². The summed E-state index contributed by atoms with van der Waals surface area (Å²) in [6.07, 6.45) is 1.89. The van der Waals surface area contributed by atoms with E-state index in [1.807, 2.05) is 29.2 Å². The van der Waals surface area contributed by atoms with Gasteiger partial charge in [-0.3, -0.25) is 9.59 Å². The standard InChI is InChI=1S/C20H21BrN2O3/c1-26-17-10-6-14(7-11-17)18-3-2-12-23(18)19(24)13-22-20(25)15-4-8-16(21)9-5-15/h4-11,18H,2-3,12-13H2,1H3,(H,22,25). The molecule has 1 atom stereocenters. The van der Waals surface area contributed by atoms with Crippen molar-refractivity contribution in [2.75, 3.05) is 20.2 Å². The minimum atomic E-state index is -0.244. The highest BCUT2D eigenvalue weighted by Gasteiger charge is 2.29. The number of nitrogens with zero attached hydrogens (tertiary/aromatic N) is 1. The number of halogens is 1. The summed E-state index contributed by atoms with van der Waals surface area (Å²) in [5.41, 5.74) is 1.63. The van der Waals surface area contributed by atoms with Crippen LogP contribution in [0.3, 0.4) is 0 Å². The summed E-state index contributed by atoms with van der Waals surface area (Å²) in [7, 11) is 1.63. The maximum atomic E-state index is 12.6. The molecule has 3 rings (SSSR count). The Kier molecular flexibility index (Phi) is 5.93. The Morgan fingerprint density at radius 3 is 2.50 bits per heavy atom. The van der Waals surface area contributed by atoms with Crippen LogP contribution in [-0.2, 0) is 4.79 Å². The maximum Gasteiger partial charge on any atom is 0.251 e. The van der Waals surface area contributed by atoms with Gasteiger partial charge in [-0.2, -0.15) is 0 Å². The number of hydrogen-bond acceptors (Lipinski definition) is 3. The molecule has 1 heterocycles. The third-order valence-electron chi connectivity index (χ3n) is 4.58. The minimum absolute atomic E-state index is 0.00154. The van der Waals surface area contributed by atoms with E-state index < -0.39 is 0 Å². The number of amides is 2. The van der Waals surface area contributed by atoms with Crippen LogP contribution in [0.15, 0.2) is 53.0 Å². The average molecular weight is 417 g/mol. The van der Waals surface area contributed by atoms with E-state index in [2.05, 4.69) is 21.2 Å². The van der Waals surface area contributed by atoms with Gasteiger partial charge in [0.15, 0.2) is 0 Å². The van der Waals surface area contributed by atoms with Crippen LogP contribution in [-0.4, -0.2) is 36.9 Å². The van der Waals surface area contributed by atoms with E-state index in [9.17, 15) is 9.59 Å². The number of nitrogens with one attached hydrogen (secondary N) is 1. The van der Waals surface area contributed by atoms with Gasteiger partial charge < -0.3 is 15.0 Å². The zero-order chi connectivity index (χ0) is 18.5. The van der Waals surface area contributed by atoms with Crippen molar-refractivity contribution in [1.82, 2.24) is 10.2 Å². The van der Waals surface area contributed by atoms with Crippen LogP contribution in [0.4, 0.5) is 0 Å². The number of ether oxygens (including phenoxy) is 1. The third kappa shape index (κ3) is 4.25. The van der Waals surface area contributed by atoms with E-state index >= 15 is 0 Å². The van der Waals surface area contributed by atoms with Gasteiger partial charge in [0.2, 0.25) is 5.91 Å². The van der Waals surface area contributed by atoms with Gasteiger partial charge in [-0.15, -0.1) is 0 Å². The molecule has 136 valence electrons. The van der Waals surface area contributed by atoms with Crippen LogP contribution < -0.4 is 10.1 Å². The Bertz CT molecular complexity index is 775. The van der Waals surface area contributed by atoms with Gasteiger partial charge in [-0.25, -0.2) is 0 Å². The molecule has 2 aromatic carbocycles. The molecule has 0 aliphatic carbocycles. The highest BCUT2D eigenvalue weighted by atomic mass is 79.9. The molecular formula is C20H21BrN2O3. The largest absolute Gasteiger partial charge is 0.497 e. The normalized spacial score (nSPS) is 16.4. The van der Waals surface area contributed by atoms with Crippen molar-refractivity contribution in [2.24, 2.45) is 0 Å². The Morgan fingerprint density at radius 1 is 1.15 bits per heavy atom. The molecule has 0 aromatic heterocycles. The fraction of sp³-hybridized carbons (Fsp3) is 0.300. The van der Waals surface area contributed by atoms with Crippen molar-refractivity contribution < 1.29 is 14.3 Å². The summed E-state index contributed by atoms with van der Waals surface area (Å²) < 4.78 is 6.10. The van der Waals surface area contributed by atoms with Gasteiger partial charge in [-0.1, -0.05) is 28.1 Å². The van der Waals surface area contributed by atoms with E-state index in [0.717, 1.165) is 28.6 Å². The molecule has 5 nitrogen and oxygen atoms in total. The van der Waals surface area contributed by atoms with Crippen LogP contribution in [0.1, 0.15) is 34.8 Å². The Balaban J connectivity index is 1.61. The van der Waals surface area contributed by atoms with E-state index in [0.29, 0.717) is 12.1 Å². The summed E-state index contributed by atoms with van der Waals surface area (Å²) in [6.45, 7) is 0.714. The molecule has 1 N–H and O–H groups in total. The number of likely N-dealkylation sites (tertiary alicyclic amines) is 1. The molecular weight excluding hydrogens is 396 g/mol. The second-order valence-corrected chi connectivity index (χ2v) is 7.12. The average Bonchev–Trinajstić information content (AvgIpc) is 3.16. The predicted octanol–water partition coefficient (Wildman–Crippen LogP) is 3.55. The molecule has 0 spiro atoms. The van der Waals surface area contributed by atoms with E-state index in [-0.39, 0.29) is 24.4 Å². The molecule has 1 saturated heterocycles. The zero-order valence-corrected chi connectivity index (χ0v) is 16.2. The second kappa shape index (κ2) is 8.36. The van der Waals surface area contributed by atoms with Crippen LogP contribution >= 0.6 is 15.9 Å². The predicted molar refractivity (Wildman–Crippen MR) is 103 cm³/mol. The summed E-state index contributed by atoms with van der Waals surface area (Å²) in [6, 6.07) is 14.9. The lowest BCUT2D eigenvalue weighted by Gasteiger charge is -2.25. The molecule has 2 amide bonds. The Morgan fingerprint density at radius 2 is 1.85 bits per heavy atom. The molecule has 1 aliphatic rings. The summed E-state index contributed by atoms with van der Waals surface area (Å²) >= 11 is 3.34. The number of rotatable bonds is 5. The lowest BCUT2D eigenvalue weighted by atomic mass is 10.0. The van der Waals surface area contributed by atoms with Gasteiger partial charge in [0.05, 0.1) is 19.7 Å². The molecule has 1 aliphatic heterocycles. The summed E-state index contributed by atoms with van der Waals surface area (Å²) in [5, 5.41) is 2.72. The molecule has 26 heavy (non-hydrogen) atoms. The second-order valence-electron chi connectivity index (χ2n) is 6.21. The number of carbonyl (C=O) groups excluding carboxylic acids is 2. The molecule has 0 saturated carbocycles. The topological polar surface area (TPSA) is 58.6 Å². The van der Waals surface area contributed by atoms with Crippen LogP contribution in [0.2, 0.25) is 0 Å². The molecule has 1 unspecified atom stereocenters. The van der Waals surface area contributed by atoms with Crippen molar-refractivity contribution in [3.63, 3.8) is 0 Å². The monoisotopic (exact) mass is 416 g/mol. The lowest BCUT2D eigenvalue weighted by molar-refractivity contribution is -0.131. The lowest BCUT2D eigenvalue weighted by Crippen LogP contribution is -2.39. The fourth-order valence-electron chi connectivity index (χ4n) is 3.20. The van der Waals surface area contributed by atoms with Crippen LogP contribution in [0.25, 0.3) is 0 Å². The first kappa shape index (κ1) is 18.5. The smallest absolute Gasteiger partial charge is 0.251 e. The van der Waals surface area contributed by atoms with Gasteiger partial charge in [0, 0.05) is 16.6 Å². The quantitative estimate of drug-likeness (QED) is 0.810. The Labute approximate surface area is 161 Å². The minimum Gasteiger partial charge on any atom is -0.497 e. The van der Waals surface area contributed by atoms with Crippen molar-refractivity contribution in [2.45, 2.75) is 18.9 Å². The highest BCUT2D eigenvalue weighted by Crippen LogP contribution is 2.32. The molecule has 1 fully saturated rings. The molecule has 2 aromatic rings. The van der Waals surface area contributed by atoms with Crippen molar-refractivity contribution in [1.29, 1.82) is 0 Å². The molecule has 6 heteroatoms. The number of carbonyl (C=O) groups is 2. The number of benzene rings is 2. The summed E-state index contributed by atoms with van der Waals surface area (Å²) in [5.74, 6) is 0.492. The maximum absolute atomic E-state index is 12.6.